The van der Waals surface area contributed by atoms with E-state index in [1.807, 2.05) is 0 Å². The van der Waals surface area contributed by atoms with E-state index in [-0.39, 0.29) is 71.2 Å². The van der Waals surface area contributed by atoms with E-state index < -0.39 is 41.5 Å². The summed E-state index contributed by atoms with van der Waals surface area (Å²) in [5, 5.41) is 18.0. The molecule has 0 radical (unpaired) electrons. The van der Waals surface area contributed by atoms with Gasteiger partial charge in [-0.3, -0.25) is 0 Å². The van der Waals surface area contributed by atoms with Gasteiger partial charge in [0.25, 0.3) is 0 Å². The zero-order valence-electron chi connectivity index (χ0n) is 9.32. The van der Waals surface area contributed by atoms with Crippen molar-refractivity contribution in [2.24, 2.45) is 0 Å². The van der Waals surface area contributed by atoms with Crippen molar-refractivity contribution in [1.82, 2.24) is 0 Å². The van der Waals surface area contributed by atoms with Gasteiger partial charge >= 0.3 is 59.1 Å². The van der Waals surface area contributed by atoms with Gasteiger partial charge in [-0.05, 0) is 0 Å². The normalized spacial score (nSPS) is 11.2. The molecule has 12 heteroatoms. The molecule has 1 aromatic rings. The predicted molar refractivity (Wildman–Crippen MR) is 45.7 cm³/mol. The van der Waals surface area contributed by atoms with Gasteiger partial charge in [-0.15, -0.1) is 0 Å². The second-order valence-corrected chi connectivity index (χ2v) is 5.39. The SMILES string of the molecule is O=S(=O)([O-])c1cc(O)c(S(=O)(=O)[O-])cc1O.[Na+].[Na+]. The molecule has 0 saturated carbocycles. The monoisotopic (exact) mass is 314 g/mol. The summed E-state index contributed by atoms with van der Waals surface area (Å²) in [7, 11) is -10.2. The summed E-state index contributed by atoms with van der Waals surface area (Å²) in [6.45, 7) is 0. The van der Waals surface area contributed by atoms with Crippen molar-refractivity contribution < 1.29 is 95.3 Å². The molecule has 0 spiro atoms. The van der Waals surface area contributed by atoms with E-state index in [1.165, 1.54) is 0 Å². The summed E-state index contributed by atoms with van der Waals surface area (Å²) in [5.74, 6) is -2.44. The Morgan fingerprint density at radius 2 is 1.00 bits per heavy atom. The van der Waals surface area contributed by atoms with Gasteiger partial charge < -0.3 is 19.3 Å². The third-order valence-corrected chi connectivity index (χ3v) is 3.31. The molecule has 90 valence electrons. The Labute approximate surface area is 147 Å². The molecule has 1 rings (SSSR count). The van der Waals surface area contributed by atoms with Crippen molar-refractivity contribution in [2.45, 2.75) is 9.79 Å². The van der Waals surface area contributed by atoms with Gasteiger partial charge in [0, 0.05) is 12.1 Å². The van der Waals surface area contributed by atoms with E-state index in [0.29, 0.717) is 0 Å². The molecule has 0 saturated heterocycles. The molecule has 0 atom stereocenters. The van der Waals surface area contributed by atoms with Crippen molar-refractivity contribution >= 4 is 20.2 Å². The molecule has 8 nitrogen and oxygen atoms in total. The average Bonchev–Trinajstić information content (AvgIpc) is 2.04. The largest absolute Gasteiger partial charge is 1.00 e. The van der Waals surface area contributed by atoms with E-state index in [2.05, 4.69) is 0 Å². The Hall–Kier alpha value is 0.640. The first-order valence-corrected chi connectivity index (χ1v) is 6.33. The molecule has 0 aromatic heterocycles. The van der Waals surface area contributed by atoms with E-state index >= 15 is 0 Å². The van der Waals surface area contributed by atoms with Crippen molar-refractivity contribution in [3.05, 3.63) is 12.1 Å². The van der Waals surface area contributed by atoms with Crippen LogP contribution < -0.4 is 59.1 Å². The van der Waals surface area contributed by atoms with Crippen LogP contribution in [0.3, 0.4) is 0 Å². The molecule has 0 amide bonds. The minimum atomic E-state index is -5.08. The van der Waals surface area contributed by atoms with E-state index in [4.69, 9.17) is 10.2 Å². The van der Waals surface area contributed by atoms with Gasteiger partial charge in [0.2, 0.25) is 0 Å². The van der Waals surface area contributed by atoms with Crippen LogP contribution in [0.15, 0.2) is 21.9 Å². The van der Waals surface area contributed by atoms with Crippen LogP contribution in [0.25, 0.3) is 0 Å². The van der Waals surface area contributed by atoms with Crippen molar-refractivity contribution in [1.29, 1.82) is 0 Å². The maximum absolute atomic E-state index is 10.5. The van der Waals surface area contributed by atoms with Crippen LogP contribution >= 0.6 is 0 Å². The summed E-state index contributed by atoms with van der Waals surface area (Å²) in [6, 6.07) is 0.394. The van der Waals surface area contributed by atoms with Crippen LogP contribution in [-0.2, 0) is 20.2 Å². The maximum atomic E-state index is 10.5. The van der Waals surface area contributed by atoms with Crippen LogP contribution in [0.4, 0.5) is 0 Å². The zero-order chi connectivity index (χ0) is 12.7. The molecule has 1 aromatic carbocycles. The molecular formula is C6H4Na2O8S2. The number of hydrogen-bond donors (Lipinski definition) is 2. The molecule has 0 heterocycles. The van der Waals surface area contributed by atoms with Gasteiger partial charge in [0.15, 0.2) is 0 Å². The Balaban J connectivity index is 0. The number of hydrogen-bond acceptors (Lipinski definition) is 8. The molecule has 0 aliphatic rings. The van der Waals surface area contributed by atoms with Crippen LogP contribution in [0.5, 0.6) is 11.5 Å². The second kappa shape index (κ2) is 6.88. The minimum absolute atomic E-state index is 0. The quantitative estimate of drug-likeness (QED) is 0.310. The average molecular weight is 314 g/mol. The summed E-state index contributed by atoms with van der Waals surface area (Å²) < 4.78 is 63.1. The Bertz CT molecular complexity index is 578. The number of aromatic hydroxyl groups is 2. The first-order valence-electron chi connectivity index (χ1n) is 3.51. The van der Waals surface area contributed by atoms with Gasteiger partial charge in [0.1, 0.15) is 31.7 Å². The number of benzene rings is 1. The molecule has 0 unspecified atom stereocenters. The fourth-order valence-electron chi connectivity index (χ4n) is 0.939. The summed E-state index contributed by atoms with van der Waals surface area (Å²) in [5.41, 5.74) is 0. The first-order chi connectivity index (χ1) is 7.03. The van der Waals surface area contributed by atoms with E-state index in [0.717, 1.165) is 0 Å². The first kappa shape index (κ1) is 20.9. The van der Waals surface area contributed by atoms with Crippen molar-refractivity contribution in [2.75, 3.05) is 0 Å². The van der Waals surface area contributed by atoms with Gasteiger partial charge in [-0.2, -0.15) is 0 Å². The number of rotatable bonds is 2. The fourth-order valence-corrected chi connectivity index (χ4v) is 2.08. The van der Waals surface area contributed by atoms with Gasteiger partial charge in [-0.1, -0.05) is 0 Å². The molecule has 2 N–H and O–H groups in total. The topological polar surface area (TPSA) is 155 Å². The van der Waals surface area contributed by atoms with Crippen molar-refractivity contribution in [3.63, 3.8) is 0 Å². The van der Waals surface area contributed by atoms with E-state index in [1.54, 1.807) is 0 Å². The fraction of sp³-hybridized carbons (Fsp3) is 0. The number of phenols is 2. The van der Waals surface area contributed by atoms with E-state index in [9.17, 15) is 25.9 Å². The molecule has 0 aliphatic heterocycles. The summed E-state index contributed by atoms with van der Waals surface area (Å²) >= 11 is 0. The Kier molecular flexibility index (Phi) is 8.01. The summed E-state index contributed by atoms with van der Waals surface area (Å²) in [4.78, 5) is -2.42. The minimum Gasteiger partial charge on any atom is -0.744 e. The van der Waals surface area contributed by atoms with Crippen molar-refractivity contribution in [3.8, 4) is 11.5 Å². The zero-order valence-corrected chi connectivity index (χ0v) is 14.9. The number of phenolic OH excluding ortho intramolecular Hbond substituents is 2. The van der Waals surface area contributed by atoms with Crippen LogP contribution in [0.2, 0.25) is 0 Å². The molecule has 0 bridgehead atoms. The second-order valence-electron chi connectivity index (χ2n) is 2.70. The Morgan fingerprint density at radius 1 is 0.778 bits per heavy atom. The van der Waals surface area contributed by atoms with Gasteiger partial charge in [0.05, 0.1) is 9.79 Å². The van der Waals surface area contributed by atoms with Crippen LogP contribution in [0, 0.1) is 0 Å². The standard InChI is InChI=1S/C6H6O8S2.2Na/c7-3-1-5(15(9,10)11)4(8)2-6(3)16(12,13)14;;/h1-2,7-8H,(H,9,10,11)(H,12,13,14);;/q;2*+1/p-2. The van der Waals surface area contributed by atoms with Crippen LogP contribution in [-0.4, -0.2) is 36.2 Å². The maximum Gasteiger partial charge on any atom is 1.00 e. The molecular weight excluding hydrogens is 310 g/mol. The Morgan fingerprint density at radius 3 is 1.17 bits per heavy atom. The third kappa shape index (κ3) is 4.96. The predicted octanol–water partition coefficient (Wildman–Crippen LogP) is -7.09. The van der Waals surface area contributed by atoms with Crippen LogP contribution in [0.1, 0.15) is 0 Å². The summed E-state index contributed by atoms with van der Waals surface area (Å²) in [6.07, 6.45) is 0. The molecule has 18 heavy (non-hydrogen) atoms. The molecule has 0 aliphatic carbocycles. The smallest absolute Gasteiger partial charge is 0.744 e. The third-order valence-electron chi connectivity index (χ3n) is 1.58. The van der Waals surface area contributed by atoms with Gasteiger partial charge in [-0.25, -0.2) is 16.8 Å². The molecule has 0 fully saturated rings.